The highest BCUT2D eigenvalue weighted by Crippen LogP contribution is 2.32. The summed E-state index contributed by atoms with van der Waals surface area (Å²) in [5.41, 5.74) is 2.17. The SMILES string of the molecule is CC(Br)c1cccc(-c2ccc(C(F)(F)F)cc2)c1. The highest BCUT2D eigenvalue weighted by Gasteiger charge is 2.29. The van der Waals surface area contributed by atoms with Crippen molar-refractivity contribution in [1.29, 1.82) is 0 Å². The zero-order valence-electron chi connectivity index (χ0n) is 10.2. The molecule has 0 fully saturated rings. The molecular weight excluding hydrogens is 317 g/mol. The minimum atomic E-state index is -4.29. The summed E-state index contributed by atoms with van der Waals surface area (Å²) < 4.78 is 37.5. The Kier molecular flexibility index (Phi) is 3.99. The smallest absolute Gasteiger partial charge is 0.166 e. The lowest BCUT2D eigenvalue weighted by molar-refractivity contribution is -0.137. The van der Waals surface area contributed by atoms with E-state index in [9.17, 15) is 13.2 Å². The van der Waals surface area contributed by atoms with Gasteiger partial charge in [0.25, 0.3) is 0 Å². The fraction of sp³-hybridized carbons (Fsp3) is 0.200. The van der Waals surface area contributed by atoms with Crippen LogP contribution in [-0.4, -0.2) is 0 Å². The van der Waals surface area contributed by atoms with Crippen LogP contribution in [0.5, 0.6) is 0 Å². The normalized spacial score (nSPS) is 13.3. The van der Waals surface area contributed by atoms with Gasteiger partial charge in [0.05, 0.1) is 5.56 Å². The van der Waals surface area contributed by atoms with E-state index in [-0.39, 0.29) is 4.83 Å². The van der Waals surface area contributed by atoms with Gasteiger partial charge >= 0.3 is 6.18 Å². The third kappa shape index (κ3) is 3.38. The maximum atomic E-state index is 12.5. The van der Waals surface area contributed by atoms with Gasteiger partial charge in [-0.2, -0.15) is 13.2 Å². The molecule has 0 saturated heterocycles. The molecule has 0 spiro atoms. The largest absolute Gasteiger partial charge is 0.416 e. The molecule has 1 unspecified atom stereocenters. The third-order valence-corrected chi connectivity index (χ3v) is 3.42. The van der Waals surface area contributed by atoms with Crippen molar-refractivity contribution in [3.63, 3.8) is 0 Å². The van der Waals surface area contributed by atoms with Crippen molar-refractivity contribution >= 4 is 15.9 Å². The quantitative estimate of drug-likeness (QED) is 0.608. The second-order valence-corrected chi connectivity index (χ2v) is 5.69. The van der Waals surface area contributed by atoms with Gasteiger partial charge in [-0.15, -0.1) is 0 Å². The Morgan fingerprint density at radius 3 is 2.11 bits per heavy atom. The van der Waals surface area contributed by atoms with Crippen LogP contribution >= 0.6 is 15.9 Å². The minimum Gasteiger partial charge on any atom is -0.166 e. The molecule has 0 radical (unpaired) electrons. The molecule has 1 atom stereocenters. The summed E-state index contributed by atoms with van der Waals surface area (Å²) >= 11 is 3.48. The predicted octanol–water partition coefficient (Wildman–Crippen LogP) is 5.83. The molecule has 0 aliphatic rings. The summed E-state index contributed by atoms with van der Waals surface area (Å²) in [7, 11) is 0. The summed E-state index contributed by atoms with van der Waals surface area (Å²) in [6, 6.07) is 13.0. The number of benzene rings is 2. The Bertz CT molecular complexity index is 556. The van der Waals surface area contributed by atoms with Crippen molar-refractivity contribution in [2.45, 2.75) is 17.9 Å². The van der Waals surface area contributed by atoms with E-state index in [1.165, 1.54) is 12.1 Å². The lowest BCUT2D eigenvalue weighted by atomic mass is 10.0. The fourth-order valence-corrected chi connectivity index (χ4v) is 2.10. The van der Waals surface area contributed by atoms with Crippen LogP contribution in [0.1, 0.15) is 22.9 Å². The number of hydrogen-bond donors (Lipinski definition) is 0. The first-order chi connectivity index (χ1) is 8.88. The molecule has 0 aliphatic carbocycles. The average molecular weight is 329 g/mol. The Morgan fingerprint density at radius 2 is 1.58 bits per heavy atom. The van der Waals surface area contributed by atoms with Crippen molar-refractivity contribution < 1.29 is 13.2 Å². The Labute approximate surface area is 118 Å². The van der Waals surface area contributed by atoms with Gasteiger partial charge in [0, 0.05) is 4.83 Å². The van der Waals surface area contributed by atoms with Gasteiger partial charge < -0.3 is 0 Å². The molecule has 0 aliphatic heterocycles. The van der Waals surface area contributed by atoms with E-state index in [4.69, 9.17) is 0 Å². The molecule has 0 heterocycles. The standard InChI is InChI=1S/C15H12BrF3/c1-10(16)12-3-2-4-13(9-12)11-5-7-14(8-6-11)15(17,18)19/h2-10H,1H3. The molecular formula is C15H12BrF3. The Hall–Kier alpha value is -1.29. The van der Waals surface area contributed by atoms with E-state index in [1.54, 1.807) is 0 Å². The van der Waals surface area contributed by atoms with Gasteiger partial charge in [-0.3, -0.25) is 0 Å². The molecule has 0 aromatic heterocycles. The molecule has 2 aromatic carbocycles. The van der Waals surface area contributed by atoms with Crippen molar-refractivity contribution in [3.05, 3.63) is 59.7 Å². The molecule has 0 amide bonds. The van der Waals surface area contributed by atoms with Crippen LogP contribution in [-0.2, 0) is 6.18 Å². The Morgan fingerprint density at radius 1 is 0.947 bits per heavy atom. The zero-order chi connectivity index (χ0) is 14.0. The van der Waals surface area contributed by atoms with Gasteiger partial charge in [-0.05, 0) is 35.7 Å². The van der Waals surface area contributed by atoms with E-state index >= 15 is 0 Å². The first kappa shape index (κ1) is 14.1. The second kappa shape index (κ2) is 5.37. The van der Waals surface area contributed by atoms with Crippen LogP contribution in [0.2, 0.25) is 0 Å². The second-order valence-electron chi connectivity index (χ2n) is 4.32. The topological polar surface area (TPSA) is 0 Å². The summed E-state index contributed by atoms with van der Waals surface area (Å²) in [5, 5.41) is 0. The summed E-state index contributed by atoms with van der Waals surface area (Å²) in [5.74, 6) is 0. The predicted molar refractivity (Wildman–Crippen MR) is 74.2 cm³/mol. The van der Waals surface area contributed by atoms with E-state index in [0.29, 0.717) is 0 Å². The van der Waals surface area contributed by atoms with Crippen LogP contribution in [0.4, 0.5) is 13.2 Å². The highest BCUT2D eigenvalue weighted by molar-refractivity contribution is 9.09. The number of rotatable bonds is 2. The number of alkyl halides is 4. The zero-order valence-corrected chi connectivity index (χ0v) is 11.8. The number of hydrogen-bond acceptors (Lipinski definition) is 0. The fourth-order valence-electron chi connectivity index (χ4n) is 1.82. The van der Waals surface area contributed by atoms with Gasteiger partial charge in [0.15, 0.2) is 0 Å². The van der Waals surface area contributed by atoms with Gasteiger partial charge in [0.2, 0.25) is 0 Å². The van der Waals surface area contributed by atoms with Crippen molar-refractivity contribution in [3.8, 4) is 11.1 Å². The molecule has 0 N–H and O–H groups in total. The van der Waals surface area contributed by atoms with Crippen molar-refractivity contribution in [1.82, 2.24) is 0 Å². The molecule has 2 rings (SSSR count). The molecule has 0 saturated carbocycles. The lowest BCUT2D eigenvalue weighted by Crippen LogP contribution is -2.03. The van der Waals surface area contributed by atoms with Crippen LogP contribution in [0, 0.1) is 0 Å². The molecule has 0 nitrogen and oxygen atoms in total. The van der Waals surface area contributed by atoms with Crippen molar-refractivity contribution in [2.75, 3.05) is 0 Å². The lowest BCUT2D eigenvalue weighted by Gasteiger charge is -2.09. The summed E-state index contributed by atoms with van der Waals surface area (Å²) in [6.45, 7) is 2.01. The third-order valence-electron chi connectivity index (χ3n) is 2.89. The van der Waals surface area contributed by atoms with E-state index < -0.39 is 11.7 Å². The summed E-state index contributed by atoms with van der Waals surface area (Å²) in [4.78, 5) is 0.210. The van der Waals surface area contributed by atoms with E-state index in [0.717, 1.165) is 28.8 Å². The molecule has 19 heavy (non-hydrogen) atoms. The van der Waals surface area contributed by atoms with Crippen LogP contribution in [0.3, 0.4) is 0 Å². The van der Waals surface area contributed by atoms with Gasteiger partial charge in [-0.25, -0.2) is 0 Å². The first-order valence-corrected chi connectivity index (χ1v) is 6.71. The molecule has 100 valence electrons. The average Bonchev–Trinajstić information content (AvgIpc) is 2.38. The number of halogens is 4. The van der Waals surface area contributed by atoms with Crippen LogP contribution in [0.15, 0.2) is 48.5 Å². The monoisotopic (exact) mass is 328 g/mol. The van der Waals surface area contributed by atoms with Crippen LogP contribution < -0.4 is 0 Å². The first-order valence-electron chi connectivity index (χ1n) is 5.79. The Balaban J connectivity index is 2.35. The van der Waals surface area contributed by atoms with E-state index in [2.05, 4.69) is 15.9 Å². The van der Waals surface area contributed by atoms with E-state index in [1.807, 2.05) is 31.2 Å². The maximum absolute atomic E-state index is 12.5. The highest BCUT2D eigenvalue weighted by atomic mass is 79.9. The maximum Gasteiger partial charge on any atom is 0.416 e. The van der Waals surface area contributed by atoms with Gasteiger partial charge in [0.1, 0.15) is 0 Å². The molecule has 4 heteroatoms. The van der Waals surface area contributed by atoms with Gasteiger partial charge in [-0.1, -0.05) is 52.3 Å². The molecule has 2 aromatic rings. The van der Waals surface area contributed by atoms with Crippen molar-refractivity contribution in [2.24, 2.45) is 0 Å². The summed E-state index contributed by atoms with van der Waals surface area (Å²) in [6.07, 6.45) is -4.29. The van der Waals surface area contributed by atoms with Crippen LogP contribution in [0.25, 0.3) is 11.1 Å². The minimum absolute atomic E-state index is 0.210. The molecule has 0 bridgehead atoms.